The van der Waals surface area contributed by atoms with Gasteiger partial charge in [0, 0.05) is 43.4 Å². The van der Waals surface area contributed by atoms with Crippen LogP contribution in [0.3, 0.4) is 0 Å². The van der Waals surface area contributed by atoms with Gasteiger partial charge in [-0.2, -0.15) is 0 Å². The summed E-state index contributed by atoms with van der Waals surface area (Å²) in [6.45, 7) is 6.70. The summed E-state index contributed by atoms with van der Waals surface area (Å²) in [5.74, 6) is 0.493. The zero-order valence-corrected chi connectivity index (χ0v) is 42.0. The third-order valence-corrected chi connectivity index (χ3v) is 15.9. The fourth-order valence-electron chi connectivity index (χ4n) is 12.4. The predicted molar refractivity (Wildman–Crippen MR) is 318 cm³/mol. The molecule has 360 valence electrons. The third kappa shape index (κ3) is 7.35. The first-order valence-corrected chi connectivity index (χ1v) is 26.5. The molecule has 0 saturated heterocycles. The van der Waals surface area contributed by atoms with Crippen molar-refractivity contribution in [3.8, 4) is 11.1 Å². The van der Waals surface area contributed by atoms with Crippen molar-refractivity contribution in [1.29, 1.82) is 0 Å². The molecule has 1 fully saturated rings. The van der Waals surface area contributed by atoms with E-state index in [2.05, 4.69) is 235 Å². The van der Waals surface area contributed by atoms with Crippen molar-refractivity contribution in [2.45, 2.75) is 44.9 Å². The van der Waals surface area contributed by atoms with Gasteiger partial charge in [0.2, 0.25) is 0 Å². The molecule has 4 nitrogen and oxygen atoms in total. The summed E-state index contributed by atoms with van der Waals surface area (Å²) < 4.78 is 14.2. The van der Waals surface area contributed by atoms with Gasteiger partial charge in [-0.05, 0) is 106 Å². The van der Waals surface area contributed by atoms with Crippen LogP contribution in [0.4, 0.5) is 34.1 Å². The third-order valence-electron chi connectivity index (χ3n) is 15.9. The maximum atomic E-state index is 7.31. The molecule has 0 N–H and O–H groups in total. The maximum Gasteiger partial charge on any atom is 0.159 e. The van der Waals surface area contributed by atoms with E-state index in [9.17, 15) is 0 Å². The van der Waals surface area contributed by atoms with Gasteiger partial charge in [0.15, 0.2) is 11.2 Å². The second-order valence-corrected chi connectivity index (χ2v) is 20.1. The lowest BCUT2D eigenvalue weighted by Gasteiger charge is -2.31. The summed E-state index contributed by atoms with van der Waals surface area (Å²) in [5, 5.41) is 11.5. The first-order valence-electron chi connectivity index (χ1n) is 26.5. The lowest BCUT2D eigenvalue weighted by molar-refractivity contribution is 0.442. The van der Waals surface area contributed by atoms with Crippen molar-refractivity contribution in [2.75, 3.05) is 9.80 Å². The molecule has 0 radical (unpaired) electrons. The molecule has 0 aliphatic heterocycles. The highest BCUT2D eigenvalue weighted by molar-refractivity contribution is 6.29. The van der Waals surface area contributed by atoms with Gasteiger partial charge in [-0.3, -0.25) is 0 Å². The molecule has 1 saturated carbocycles. The normalized spacial score (nSPS) is 13.6. The number of allylic oxidation sites excluding steroid dienone is 5. The van der Waals surface area contributed by atoms with Gasteiger partial charge >= 0.3 is 0 Å². The summed E-state index contributed by atoms with van der Waals surface area (Å²) in [6.07, 6.45) is 14.5. The molecular weight excluding hydrogens is 913 g/mol. The summed E-state index contributed by atoms with van der Waals surface area (Å²) in [4.78, 5) is 4.87. The molecule has 11 aromatic carbocycles. The molecule has 2 heterocycles. The first kappa shape index (κ1) is 44.6. The highest BCUT2D eigenvalue weighted by Gasteiger charge is 2.29. The van der Waals surface area contributed by atoms with Gasteiger partial charge < -0.3 is 18.6 Å². The van der Waals surface area contributed by atoms with Gasteiger partial charge in [0.25, 0.3) is 0 Å². The van der Waals surface area contributed by atoms with Gasteiger partial charge in [-0.1, -0.05) is 214 Å². The molecule has 75 heavy (non-hydrogen) atoms. The molecule has 0 unspecified atom stereocenters. The Morgan fingerprint density at radius 1 is 0.440 bits per heavy atom. The van der Waals surface area contributed by atoms with E-state index >= 15 is 0 Å². The SMILES string of the molecule is C=C(/C=C\C=C/C)c1ccccc1N(c1ccc2ccc3c(N(c4ccccc4-c4ccccc4)c4cccc5c4oc4ccccc45)ccc4ccc1c2c43)c1cccc2c1oc1c(C3CCCCC3)cccc12. The van der Waals surface area contributed by atoms with Crippen LogP contribution in [-0.2, 0) is 0 Å². The fourth-order valence-corrected chi connectivity index (χ4v) is 12.4. The Kier molecular flexibility index (Phi) is 10.9. The van der Waals surface area contributed by atoms with Crippen LogP contribution in [0.5, 0.6) is 0 Å². The monoisotopic (exact) mass is 966 g/mol. The Bertz CT molecular complexity index is 4390. The van der Waals surface area contributed by atoms with E-state index in [1.54, 1.807) is 0 Å². The van der Waals surface area contributed by atoms with Crippen LogP contribution in [0.2, 0.25) is 0 Å². The van der Waals surface area contributed by atoms with Gasteiger partial charge in [0.05, 0.1) is 34.1 Å². The first-order chi connectivity index (χ1) is 37.1. The molecule has 2 aromatic heterocycles. The Hall–Kier alpha value is -9.12. The van der Waals surface area contributed by atoms with Crippen molar-refractivity contribution in [3.05, 3.63) is 248 Å². The molecule has 0 bridgehead atoms. The minimum absolute atomic E-state index is 0.493. The number of nitrogens with zero attached hydrogens (tertiary/aromatic N) is 2. The number of fused-ring (bicyclic) bond motifs is 6. The van der Waals surface area contributed by atoms with Crippen molar-refractivity contribution >= 4 is 116 Å². The quantitative estimate of drug-likeness (QED) is 0.0955. The summed E-state index contributed by atoms with van der Waals surface area (Å²) >= 11 is 0. The average Bonchev–Trinajstić information content (AvgIpc) is 4.09. The second kappa shape index (κ2) is 18.4. The maximum absolute atomic E-state index is 7.31. The van der Waals surface area contributed by atoms with Gasteiger partial charge in [-0.25, -0.2) is 0 Å². The molecule has 1 aliphatic rings. The lowest BCUT2D eigenvalue weighted by atomic mass is 9.83. The van der Waals surface area contributed by atoms with E-state index < -0.39 is 0 Å². The molecule has 4 heteroatoms. The number of benzene rings is 11. The van der Waals surface area contributed by atoms with Crippen LogP contribution >= 0.6 is 0 Å². The number of hydrogen-bond donors (Lipinski definition) is 0. The van der Waals surface area contributed by atoms with Crippen molar-refractivity contribution in [3.63, 3.8) is 0 Å². The Morgan fingerprint density at radius 2 is 0.987 bits per heavy atom. The Balaban J connectivity index is 1.04. The van der Waals surface area contributed by atoms with Crippen molar-refractivity contribution in [1.82, 2.24) is 0 Å². The van der Waals surface area contributed by atoms with E-state index in [4.69, 9.17) is 8.83 Å². The average molecular weight is 967 g/mol. The number of para-hydroxylation sites is 6. The zero-order chi connectivity index (χ0) is 50.0. The Morgan fingerprint density at radius 3 is 1.71 bits per heavy atom. The van der Waals surface area contributed by atoms with Crippen LogP contribution in [0, 0.1) is 0 Å². The van der Waals surface area contributed by atoms with Gasteiger partial charge in [0.1, 0.15) is 11.2 Å². The van der Waals surface area contributed by atoms with Crippen molar-refractivity contribution < 1.29 is 8.83 Å². The van der Waals surface area contributed by atoms with E-state index in [-0.39, 0.29) is 0 Å². The van der Waals surface area contributed by atoms with Crippen LogP contribution in [0.1, 0.15) is 56.1 Å². The van der Waals surface area contributed by atoms with E-state index in [0.717, 1.165) is 106 Å². The summed E-state index contributed by atoms with van der Waals surface area (Å²) in [5.41, 5.74) is 15.3. The molecule has 0 spiro atoms. The molecular formula is C71H54N2O2. The molecule has 14 rings (SSSR count). The minimum Gasteiger partial charge on any atom is -0.454 e. The Labute approximate surface area is 436 Å². The van der Waals surface area contributed by atoms with Crippen LogP contribution in [0.25, 0.3) is 92.9 Å². The zero-order valence-electron chi connectivity index (χ0n) is 42.0. The highest BCUT2D eigenvalue weighted by atomic mass is 16.3. The lowest BCUT2D eigenvalue weighted by Crippen LogP contribution is -2.13. The second-order valence-electron chi connectivity index (χ2n) is 20.1. The molecule has 13 aromatic rings. The van der Waals surface area contributed by atoms with E-state index in [1.807, 2.05) is 19.1 Å². The number of furan rings is 2. The summed E-state index contributed by atoms with van der Waals surface area (Å²) in [6, 6.07) is 75.0. The van der Waals surface area contributed by atoms with Crippen LogP contribution in [-0.4, -0.2) is 0 Å². The number of anilines is 6. The van der Waals surface area contributed by atoms with Crippen LogP contribution in [0.15, 0.2) is 246 Å². The fraction of sp³-hybridized carbons (Fsp3) is 0.0986. The number of hydrogen-bond acceptors (Lipinski definition) is 4. The number of rotatable bonds is 11. The highest BCUT2D eigenvalue weighted by Crippen LogP contribution is 2.52. The largest absolute Gasteiger partial charge is 0.454 e. The standard InChI is InChI=1S/C71H54N2O2/c1-3-4-7-21-46(2)51-26-12-15-33-60(51)72(65-36-20-32-57-56-30-18-29-53(69(56)75-71(57)65)48-24-10-6-11-25-48)62-44-40-49-39-43-59-63(45-41-50-38-42-58(62)67(49)68(50)59)73(61-34-16-13-27-52(61)47-22-8-5-9-23-47)64-35-19-31-55-54-28-14-17-37-66(54)74-70(55)64/h3-5,7-9,12-23,26-45,48H,2,6,10-11,24-25H2,1H3/b4-3-,21-7-. The predicted octanol–water partition coefficient (Wildman–Crippen LogP) is 21.2. The molecule has 0 amide bonds. The van der Waals surface area contributed by atoms with E-state index in [0.29, 0.717) is 5.92 Å². The topological polar surface area (TPSA) is 32.8 Å². The van der Waals surface area contributed by atoms with E-state index in [1.165, 1.54) is 64.6 Å². The smallest absolute Gasteiger partial charge is 0.159 e. The minimum atomic E-state index is 0.493. The summed E-state index contributed by atoms with van der Waals surface area (Å²) in [7, 11) is 0. The van der Waals surface area contributed by atoms with Gasteiger partial charge in [-0.15, -0.1) is 0 Å². The van der Waals surface area contributed by atoms with Crippen LogP contribution < -0.4 is 9.80 Å². The molecule has 0 atom stereocenters. The van der Waals surface area contributed by atoms with Crippen molar-refractivity contribution in [2.24, 2.45) is 0 Å². The molecule has 1 aliphatic carbocycles.